The molecule has 0 aromatic rings. The standard InChI is InChI=1S/C8H13ClN2O2/c1-2-13-7(12)10-11-8(9)5-3-4-6-8/h2-6H2,1H3/b11-10+. The van der Waals surface area contributed by atoms with Crippen LogP contribution in [-0.2, 0) is 4.74 Å². The average Bonchev–Trinajstić information content (AvgIpc) is 2.51. The van der Waals surface area contributed by atoms with Crippen molar-refractivity contribution in [3.8, 4) is 0 Å². The molecule has 1 saturated carbocycles. The van der Waals surface area contributed by atoms with Crippen molar-refractivity contribution in [2.75, 3.05) is 6.61 Å². The Labute approximate surface area is 82.3 Å². The van der Waals surface area contributed by atoms with Crippen molar-refractivity contribution < 1.29 is 9.53 Å². The molecule has 0 unspecified atom stereocenters. The largest absolute Gasteiger partial charge is 0.452 e. The summed E-state index contributed by atoms with van der Waals surface area (Å²) >= 11 is 6.05. The molecule has 0 atom stereocenters. The van der Waals surface area contributed by atoms with Gasteiger partial charge in [0.1, 0.15) is 0 Å². The van der Waals surface area contributed by atoms with Crippen molar-refractivity contribution in [3.63, 3.8) is 0 Å². The molecule has 74 valence electrons. The summed E-state index contributed by atoms with van der Waals surface area (Å²) in [5, 5.41) is 7.19. The van der Waals surface area contributed by atoms with Gasteiger partial charge < -0.3 is 4.74 Å². The van der Waals surface area contributed by atoms with E-state index in [1.807, 2.05) is 0 Å². The average molecular weight is 205 g/mol. The van der Waals surface area contributed by atoms with Crippen LogP contribution in [0.1, 0.15) is 32.6 Å². The minimum atomic E-state index is -0.658. The Morgan fingerprint density at radius 2 is 2.15 bits per heavy atom. The predicted octanol–water partition coefficient (Wildman–Crippen LogP) is 3.10. The fourth-order valence-corrected chi connectivity index (χ4v) is 1.60. The van der Waals surface area contributed by atoms with Crippen LogP contribution in [0.25, 0.3) is 0 Å². The summed E-state index contributed by atoms with van der Waals surface area (Å²) in [6.45, 7) is 2.03. The number of hydrogen-bond acceptors (Lipinski definition) is 3. The Hall–Kier alpha value is -0.640. The molecule has 1 fully saturated rings. The first-order valence-electron chi connectivity index (χ1n) is 4.45. The van der Waals surface area contributed by atoms with E-state index in [9.17, 15) is 4.79 Å². The van der Waals surface area contributed by atoms with Crippen LogP contribution in [-0.4, -0.2) is 17.7 Å². The highest BCUT2D eigenvalue weighted by atomic mass is 35.5. The van der Waals surface area contributed by atoms with Crippen molar-refractivity contribution in [1.82, 2.24) is 0 Å². The van der Waals surface area contributed by atoms with Crippen LogP contribution in [0, 0.1) is 0 Å². The number of halogens is 1. The van der Waals surface area contributed by atoms with E-state index < -0.39 is 11.1 Å². The normalized spacial score (nSPS) is 20.8. The molecular formula is C8H13ClN2O2. The zero-order chi connectivity index (χ0) is 9.73. The van der Waals surface area contributed by atoms with Crippen LogP contribution in [0.15, 0.2) is 10.2 Å². The number of nitrogens with zero attached hydrogens (tertiary/aromatic N) is 2. The molecule has 0 aromatic carbocycles. The summed E-state index contributed by atoms with van der Waals surface area (Å²) in [7, 11) is 0. The summed E-state index contributed by atoms with van der Waals surface area (Å²) < 4.78 is 4.59. The Morgan fingerprint density at radius 1 is 1.54 bits per heavy atom. The van der Waals surface area contributed by atoms with Crippen LogP contribution >= 0.6 is 11.6 Å². The number of amides is 1. The molecule has 5 heteroatoms. The van der Waals surface area contributed by atoms with E-state index >= 15 is 0 Å². The Kier molecular flexibility index (Phi) is 3.66. The van der Waals surface area contributed by atoms with Gasteiger partial charge in [0, 0.05) is 0 Å². The number of carbonyl (C=O) groups excluding carboxylic acids is 1. The first-order chi connectivity index (χ1) is 6.16. The fourth-order valence-electron chi connectivity index (χ4n) is 1.30. The summed E-state index contributed by atoms with van der Waals surface area (Å²) in [5.74, 6) is 0. The van der Waals surface area contributed by atoms with E-state index in [0.29, 0.717) is 6.61 Å². The molecule has 1 amide bonds. The van der Waals surface area contributed by atoms with Crippen molar-refractivity contribution in [3.05, 3.63) is 0 Å². The maximum Gasteiger partial charge on any atom is 0.452 e. The second kappa shape index (κ2) is 4.56. The summed E-state index contributed by atoms with van der Waals surface area (Å²) in [6, 6.07) is 0. The molecule has 0 radical (unpaired) electrons. The quantitative estimate of drug-likeness (QED) is 0.394. The van der Waals surface area contributed by atoms with Gasteiger partial charge in [0.15, 0.2) is 5.00 Å². The van der Waals surface area contributed by atoms with Crippen molar-refractivity contribution in [2.45, 2.75) is 37.6 Å². The Bertz CT molecular complexity index is 212. The third kappa shape index (κ3) is 3.30. The molecule has 1 aliphatic carbocycles. The maximum absolute atomic E-state index is 10.8. The number of hydrogen-bond donors (Lipinski definition) is 0. The summed E-state index contributed by atoms with van der Waals surface area (Å²) in [5.41, 5.74) is 0. The molecule has 0 bridgehead atoms. The lowest BCUT2D eigenvalue weighted by atomic mass is 10.3. The van der Waals surface area contributed by atoms with Gasteiger partial charge in [-0.3, -0.25) is 0 Å². The molecule has 0 heterocycles. The van der Waals surface area contributed by atoms with Gasteiger partial charge >= 0.3 is 6.09 Å². The lowest BCUT2D eigenvalue weighted by Crippen LogP contribution is -2.11. The molecule has 1 aliphatic rings. The Morgan fingerprint density at radius 3 is 2.69 bits per heavy atom. The SMILES string of the molecule is CCOC(=O)/N=N/C1(Cl)CCCC1. The monoisotopic (exact) mass is 204 g/mol. The van der Waals surface area contributed by atoms with Gasteiger partial charge in [-0.25, -0.2) is 4.79 Å². The third-order valence-corrected chi connectivity index (χ3v) is 2.40. The van der Waals surface area contributed by atoms with Crippen molar-refractivity contribution in [2.24, 2.45) is 10.2 Å². The summed E-state index contributed by atoms with van der Waals surface area (Å²) in [4.78, 5) is 10.2. The molecule has 0 saturated heterocycles. The van der Waals surface area contributed by atoms with Gasteiger partial charge in [-0.05, 0) is 32.6 Å². The second-order valence-electron chi connectivity index (χ2n) is 3.02. The molecule has 1 rings (SSSR count). The van der Waals surface area contributed by atoms with Crippen LogP contribution in [0.2, 0.25) is 0 Å². The predicted molar refractivity (Wildman–Crippen MR) is 48.9 cm³/mol. The molecule has 0 spiro atoms. The molecule has 0 aromatic heterocycles. The highest BCUT2D eigenvalue weighted by Gasteiger charge is 2.31. The zero-order valence-corrected chi connectivity index (χ0v) is 8.38. The van der Waals surface area contributed by atoms with Gasteiger partial charge in [0.25, 0.3) is 0 Å². The first-order valence-corrected chi connectivity index (χ1v) is 4.83. The number of rotatable bonds is 2. The molecule has 0 N–H and O–H groups in total. The summed E-state index contributed by atoms with van der Waals surface area (Å²) in [6.07, 6.45) is 3.01. The van der Waals surface area contributed by atoms with Gasteiger partial charge in [0.2, 0.25) is 0 Å². The number of azo groups is 1. The van der Waals surface area contributed by atoms with Crippen molar-refractivity contribution in [1.29, 1.82) is 0 Å². The van der Waals surface area contributed by atoms with E-state index in [4.69, 9.17) is 11.6 Å². The van der Waals surface area contributed by atoms with Crippen LogP contribution in [0.3, 0.4) is 0 Å². The van der Waals surface area contributed by atoms with E-state index in [0.717, 1.165) is 25.7 Å². The highest BCUT2D eigenvalue weighted by Crippen LogP contribution is 2.37. The van der Waals surface area contributed by atoms with Gasteiger partial charge in [0.05, 0.1) is 6.61 Å². The van der Waals surface area contributed by atoms with Crippen molar-refractivity contribution >= 4 is 17.7 Å². The van der Waals surface area contributed by atoms with Crippen LogP contribution in [0.4, 0.5) is 4.79 Å². The van der Waals surface area contributed by atoms with E-state index in [1.54, 1.807) is 6.92 Å². The second-order valence-corrected chi connectivity index (χ2v) is 3.73. The minimum absolute atomic E-state index is 0.313. The highest BCUT2D eigenvalue weighted by molar-refractivity contribution is 6.23. The smallest absolute Gasteiger partial charge is 0.447 e. The Balaban J connectivity index is 2.41. The molecular weight excluding hydrogens is 192 g/mol. The van der Waals surface area contributed by atoms with E-state index in [1.165, 1.54) is 0 Å². The van der Waals surface area contributed by atoms with Crippen LogP contribution in [0.5, 0.6) is 0 Å². The topological polar surface area (TPSA) is 51.0 Å². The third-order valence-electron chi connectivity index (χ3n) is 1.95. The maximum atomic E-state index is 10.8. The van der Waals surface area contributed by atoms with E-state index in [2.05, 4.69) is 15.0 Å². The minimum Gasteiger partial charge on any atom is -0.447 e. The molecule has 4 nitrogen and oxygen atoms in total. The van der Waals surface area contributed by atoms with Gasteiger partial charge in [-0.1, -0.05) is 16.7 Å². The number of alkyl halides is 1. The number of carbonyl (C=O) groups is 1. The lowest BCUT2D eigenvalue weighted by molar-refractivity contribution is 0.160. The van der Waals surface area contributed by atoms with Gasteiger partial charge in [-0.2, -0.15) is 5.11 Å². The zero-order valence-electron chi connectivity index (χ0n) is 7.62. The molecule has 13 heavy (non-hydrogen) atoms. The first kappa shape index (κ1) is 10.4. The van der Waals surface area contributed by atoms with E-state index in [-0.39, 0.29) is 0 Å². The number of ether oxygens (including phenoxy) is 1. The van der Waals surface area contributed by atoms with Gasteiger partial charge in [-0.15, -0.1) is 0 Å². The lowest BCUT2D eigenvalue weighted by Gasteiger charge is -2.11. The van der Waals surface area contributed by atoms with Crippen LogP contribution < -0.4 is 0 Å². The molecule has 0 aliphatic heterocycles. The fraction of sp³-hybridized carbons (Fsp3) is 0.875.